The van der Waals surface area contributed by atoms with Crippen LogP contribution in [0, 0.1) is 0 Å². The van der Waals surface area contributed by atoms with E-state index in [4.69, 9.17) is 0 Å². The molecular formula is C24H19F3N4O3. The second kappa shape index (κ2) is 9.34. The maximum Gasteiger partial charge on any atom is 0.416 e. The van der Waals surface area contributed by atoms with E-state index < -0.39 is 23.6 Å². The third-order valence-electron chi connectivity index (χ3n) is 5.25. The molecule has 4 rings (SSSR count). The molecule has 1 amide bonds. The molecule has 0 aliphatic rings. The Hall–Kier alpha value is -4.21. The number of hydrogen-bond donors (Lipinski definition) is 2. The molecule has 2 heterocycles. The van der Waals surface area contributed by atoms with Gasteiger partial charge in [-0.3, -0.25) is 9.78 Å². The Morgan fingerprint density at radius 2 is 1.76 bits per heavy atom. The van der Waals surface area contributed by atoms with E-state index in [2.05, 4.69) is 15.3 Å². The number of nitrogens with zero attached hydrogens (tertiary/aromatic N) is 3. The number of rotatable bonds is 7. The molecule has 2 N–H and O–H groups in total. The third kappa shape index (κ3) is 5.06. The van der Waals surface area contributed by atoms with Gasteiger partial charge in [-0.05, 0) is 54.1 Å². The second-order valence-corrected chi connectivity index (χ2v) is 7.56. The summed E-state index contributed by atoms with van der Waals surface area (Å²) in [7, 11) is 0. The highest BCUT2D eigenvalue weighted by Gasteiger charge is 2.30. The van der Waals surface area contributed by atoms with Crippen LogP contribution in [0.15, 0.2) is 67.0 Å². The van der Waals surface area contributed by atoms with Crippen LogP contribution in [0.2, 0.25) is 0 Å². The van der Waals surface area contributed by atoms with Gasteiger partial charge in [0.2, 0.25) is 0 Å². The van der Waals surface area contributed by atoms with E-state index in [1.165, 1.54) is 24.3 Å². The highest BCUT2D eigenvalue weighted by Crippen LogP contribution is 2.29. The Labute approximate surface area is 191 Å². The van der Waals surface area contributed by atoms with E-state index in [1.807, 2.05) is 16.7 Å². The van der Waals surface area contributed by atoms with Gasteiger partial charge in [-0.25, -0.2) is 9.78 Å². The van der Waals surface area contributed by atoms with Crippen molar-refractivity contribution in [3.8, 4) is 0 Å². The first kappa shape index (κ1) is 23.0. The van der Waals surface area contributed by atoms with Gasteiger partial charge in [-0.15, -0.1) is 0 Å². The molecule has 0 aliphatic carbocycles. The van der Waals surface area contributed by atoms with Crippen LogP contribution < -0.4 is 5.32 Å². The molecule has 0 saturated carbocycles. The first-order chi connectivity index (χ1) is 16.2. The number of aromatic nitrogens is 3. The van der Waals surface area contributed by atoms with Crippen LogP contribution in [0.4, 0.5) is 13.2 Å². The van der Waals surface area contributed by atoms with Gasteiger partial charge < -0.3 is 15.0 Å². The summed E-state index contributed by atoms with van der Waals surface area (Å²) in [6, 6.07) is 12.6. The number of carbonyl (C=O) groups is 2. The van der Waals surface area contributed by atoms with Crippen molar-refractivity contribution in [2.24, 2.45) is 0 Å². The van der Waals surface area contributed by atoms with Crippen molar-refractivity contribution in [2.75, 3.05) is 6.54 Å². The lowest BCUT2D eigenvalue weighted by molar-refractivity contribution is -0.137. The topological polar surface area (TPSA) is 97.1 Å². The van der Waals surface area contributed by atoms with Crippen LogP contribution in [0.3, 0.4) is 0 Å². The SMILES string of the molecule is O=C(O)c1ccc2c(c1)nc(CCNC(=O)c1cccc(C(F)(F)F)c1)n2Cc1ccncc1. The van der Waals surface area contributed by atoms with Crippen LogP contribution in [0.5, 0.6) is 0 Å². The molecule has 2 aromatic carbocycles. The zero-order valence-corrected chi connectivity index (χ0v) is 17.7. The van der Waals surface area contributed by atoms with E-state index in [1.54, 1.807) is 18.5 Å². The summed E-state index contributed by atoms with van der Waals surface area (Å²) >= 11 is 0. The van der Waals surface area contributed by atoms with Gasteiger partial charge in [0.05, 0.1) is 22.2 Å². The van der Waals surface area contributed by atoms with Gasteiger partial charge in [0.25, 0.3) is 5.91 Å². The number of nitrogens with one attached hydrogen (secondary N) is 1. The van der Waals surface area contributed by atoms with Crippen molar-refractivity contribution in [1.29, 1.82) is 0 Å². The van der Waals surface area contributed by atoms with Crippen LogP contribution in [0.25, 0.3) is 11.0 Å². The van der Waals surface area contributed by atoms with Gasteiger partial charge in [0.15, 0.2) is 0 Å². The van der Waals surface area contributed by atoms with Crippen LogP contribution in [0.1, 0.15) is 37.7 Å². The molecule has 0 unspecified atom stereocenters. The summed E-state index contributed by atoms with van der Waals surface area (Å²) in [4.78, 5) is 32.3. The Balaban J connectivity index is 1.55. The highest BCUT2D eigenvalue weighted by molar-refractivity contribution is 5.94. The van der Waals surface area contributed by atoms with E-state index in [9.17, 15) is 27.9 Å². The van der Waals surface area contributed by atoms with Crippen molar-refractivity contribution in [2.45, 2.75) is 19.1 Å². The number of alkyl halides is 3. The molecule has 0 aliphatic heterocycles. The van der Waals surface area contributed by atoms with E-state index >= 15 is 0 Å². The average Bonchev–Trinajstić information content (AvgIpc) is 3.15. The number of aromatic carboxylic acids is 1. The molecule has 10 heteroatoms. The maximum atomic E-state index is 12.9. The fourth-order valence-corrected chi connectivity index (χ4v) is 3.58. The maximum absolute atomic E-state index is 12.9. The first-order valence-corrected chi connectivity index (χ1v) is 10.3. The predicted octanol–water partition coefficient (Wildman–Crippen LogP) is 4.17. The normalized spacial score (nSPS) is 11.5. The van der Waals surface area contributed by atoms with Crippen molar-refractivity contribution in [3.63, 3.8) is 0 Å². The number of benzene rings is 2. The van der Waals surface area contributed by atoms with Gasteiger partial charge in [0.1, 0.15) is 5.82 Å². The third-order valence-corrected chi connectivity index (χ3v) is 5.25. The van der Waals surface area contributed by atoms with Gasteiger partial charge in [-0.1, -0.05) is 6.07 Å². The fourth-order valence-electron chi connectivity index (χ4n) is 3.58. The van der Waals surface area contributed by atoms with Crippen molar-refractivity contribution in [3.05, 3.63) is 95.1 Å². The average molecular weight is 468 g/mol. The van der Waals surface area contributed by atoms with Crippen molar-refractivity contribution >= 4 is 22.9 Å². The molecule has 4 aromatic rings. The number of halogens is 3. The molecule has 0 spiro atoms. The summed E-state index contributed by atoms with van der Waals surface area (Å²) in [5.74, 6) is -1.10. The molecule has 2 aromatic heterocycles. The minimum atomic E-state index is -4.54. The van der Waals surface area contributed by atoms with Crippen LogP contribution in [-0.4, -0.2) is 38.1 Å². The Morgan fingerprint density at radius 3 is 2.47 bits per heavy atom. The lowest BCUT2D eigenvalue weighted by Gasteiger charge is -2.11. The second-order valence-electron chi connectivity index (χ2n) is 7.56. The van der Waals surface area contributed by atoms with Crippen molar-refractivity contribution < 1.29 is 27.9 Å². The molecule has 0 bridgehead atoms. The summed E-state index contributed by atoms with van der Waals surface area (Å²) in [6.45, 7) is 0.572. The van der Waals surface area contributed by atoms with Gasteiger partial charge in [0, 0.05) is 37.5 Å². The van der Waals surface area contributed by atoms with E-state index in [0.29, 0.717) is 17.9 Å². The molecule has 34 heavy (non-hydrogen) atoms. The number of hydrogen-bond acceptors (Lipinski definition) is 4. The van der Waals surface area contributed by atoms with Crippen LogP contribution in [-0.2, 0) is 19.1 Å². The Morgan fingerprint density at radius 1 is 1.00 bits per heavy atom. The van der Waals surface area contributed by atoms with Crippen molar-refractivity contribution in [1.82, 2.24) is 19.9 Å². The van der Waals surface area contributed by atoms with E-state index in [-0.39, 0.29) is 24.1 Å². The highest BCUT2D eigenvalue weighted by atomic mass is 19.4. The predicted molar refractivity (Wildman–Crippen MR) is 118 cm³/mol. The molecule has 7 nitrogen and oxygen atoms in total. The molecule has 174 valence electrons. The monoisotopic (exact) mass is 468 g/mol. The first-order valence-electron chi connectivity index (χ1n) is 10.3. The van der Waals surface area contributed by atoms with E-state index in [0.717, 1.165) is 23.2 Å². The zero-order chi connectivity index (χ0) is 24.3. The fraction of sp³-hybridized carbons (Fsp3) is 0.167. The molecule has 0 saturated heterocycles. The molecule has 0 fully saturated rings. The lowest BCUT2D eigenvalue weighted by atomic mass is 10.1. The molecular weight excluding hydrogens is 449 g/mol. The molecule has 0 radical (unpaired) electrons. The molecule has 0 atom stereocenters. The number of carboxylic acid groups (broad SMARTS) is 1. The summed E-state index contributed by atoms with van der Waals surface area (Å²) < 4.78 is 40.7. The Kier molecular flexibility index (Phi) is 6.31. The minimum absolute atomic E-state index is 0.0915. The Bertz CT molecular complexity index is 1350. The number of fused-ring (bicyclic) bond motifs is 1. The number of carboxylic acids is 1. The van der Waals surface area contributed by atoms with Crippen LogP contribution >= 0.6 is 0 Å². The summed E-state index contributed by atoms with van der Waals surface area (Å²) in [6.07, 6.45) is -0.937. The number of pyridine rings is 1. The lowest BCUT2D eigenvalue weighted by Crippen LogP contribution is -2.27. The zero-order valence-electron chi connectivity index (χ0n) is 17.7. The van der Waals surface area contributed by atoms with Gasteiger partial charge in [-0.2, -0.15) is 13.2 Å². The quantitative estimate of drug-likeness (QED) is 0.424. The summed E-state index contributed by atoms with van der Waals surface area (Å²) in [5.41, 5.74) is 1.28. The minimum Gasteiger partial charge on any atom is -0.478 e. The number of carbonyl (C=O) groups excluding carboxylic acids is 1. The smallest absolute Gasteiger partial charge is 0.416 e. The van der Waals surface area contributed by atoms with Gasteiger partial charge >= 0.3 is 12.1 Å². The largest absolute Gasteiger partial charge is 0.478 e. The standard InChI is InChI=1S/C24H19F3N4O3/c25-24(26,27)18-3-1-2-16(12-18)22(32)29-11-8-21-30-19-13-17(23(33)34)4-5-20(19)31(21)14-15-6-9-28-10-7-15/h1-7,9-10,12-13H,8,11,14H2,(H,29,32)(H,33,34). The number of amides is 1. The summed E-state index contributed by atoms with van der Waals surface area (Å²) in [5, 5.41) is 11.9. The number of imidazole rings is 1.